The minimum absolute atomic E-state index is 0.150. The van der Waals surface area contributed by atoms with Gasteiger partial charge in [-0.05, 0) is 42.5 Å². The molecule has 0 aliphatic heterocycles. The van der Waals surface area contributed by atoms with Crippen LogP contribution in [0.4, 0.5) is 11.4 Å². The molecule has 0 heterocycles. The van der Waals surface area contributed by atoms with E-state index in [0.717, 1.165) is 0 Å². The van der Waals surface area contributed by atoms with Gasteiger partial charge < -0.3 is 20.1 Å². The highest BCUT2D eigenvalue weighted by Gasteiger charge is 2.07. The average molecular weight is 356 g/mol. The largest absolute Gasteiger partial charge is 0.497 e. The van der Waals surface area contributed by atoms with E-state index in [4.69, 9.17) is 9.47 Å². The fourth-order valence-corrected chi connectivity index (χ4v) is 2.20. The predicted molar refractivity (Wildman–Crippen MR) is 97.9 cm³/mol. The molecule has 0 unspecified atom stereocenters. The molecule has 7 heteroatoms. The second-order valence-corrected chi connectivity index (χ2v) is 5.43. The molecule has 7 nitrogen and oxygen atoms in total. The van der Waals surface area contributed by atoms with Crippen LogP contribution in [0.3, 0.4) is 0 Å². The zero-order chi connectivity index (χ0) is 18.9. The minimum atomic E-state index is -0.380. The summed E-state index contributed by atoms with van der Waals surface area (Å²) in [5.74, 6) is 0.474. The third-order valence-electron chi connectivity index (χ3n) is 3.44. The van der Waals surface area contributed by atoms with E-state index < -0.39 is 0 Å². The van der Waals surface area contributed by atoms with Crippen molar-refractivity contribution in [3.8, 4) is 11.5 Å². The van der Waals surface area contributed by atoms with Gasteiger partial charge in [-0.15, -0.1) is 0 Å². The third kappa shape index (κ3) is 5.62. The molecule has 0 saturated heterocycles. The highest BCUT2D eigenvalue weighted by atomic mass is 16.5. The van der Waals surface area contributed by atoms with Crippen molar-refractivity contribution < 1.29 is 23.9 Å². The summed E-state index contributed by atoms with van der Waals surface area (Å²) in [6.07, 6.45) is 0.818. The van der Waals surface area contributed by atoms with Crippen LogP contribution in [0.2, 0.25) is 0 Å². The molecule has 0 aliphatic carbocycles. The number of ether oxygens (including phenoxy) is 2. The highest BCUT2D eigenvalue weighted by molar-refractivity contribution is 5.96. The Kier molecular flexibility index (Phi) is 6.73. The Labute approximate surface area is 151 Å². The van der Waals surface area contributed by atoms with Crippen LogP contribution >= 0.6 is 0 Å². The first-order valence-corrected chi connectivity index (χ1v) is 7.97. The first kappa shape index (κ1) is 19.0. The zero-order valence-electron chi connectivity index (χ0n) is 14.6. The quantitative estimate of drug-likeness (QED) is 0.429. The molecule has 0 bridgehead atoms. The maximum Gasteiger partial charge on any atom is 0.312 e. The van der Waals surface area contributed by atoms with Crippen LogP contribution in [0, 0.1) is 0 Å². The van der Waals surface area contributed by atoms with Crippen molar-refractivity contribution in [2.75, 3.05) is 24.3 Å². The van der Waals surface area contributed by atoms with Crippen molar-refractivity contribution in [1.29, 1.82) is 0 Å². The smallest absolute Gasteiger partial charge is 0.312 e. The van der Waals surface area contributed by atoms with Gasteiger partial charge in [-0.3, -0.25) is 14.4 Å². The van der Waals surface area contributed by atoms with Gasteiger partial charge >= 0.3 is 5.97 Å². The van der Waals surface area contributed by atoms with Crippen molar-refractivity contribution in [2.45, 2.75) is 13.3 Å². The van der Waals surface area contributed by atoms with Gasteiger partial charge in [0, 0.05) is 24.7 Å². The Morgan fingerprint density at radius 2 is 1.77 bits per heavy atom. The summed E-state index contributed by atoms with van der Waals surface area (Å²) < 4.78 is 10.3. The summed E-state index contributed by atoms with van der Waals surface area (Å²) in [6.45, 7) is 1.71. The van der Waals surface area contributed by atoms with Crippen molar-refractivity contribution in [3.63, 3.8) is 0 Å². The van der Waals surface area contributed by atoms with Crippen LogP contribution in [0.25, 0.3) is 0 Å². The van der Waals surface area contributed by atoms with E-state index in [1.54, 1.807) is 49.6 Å². The van der Waals surface area contributed by atoms with E-state index in [-0.39, 0.29) is 18.3 Å². The number of carbonyl (C=O) groups excluding carboxylic acids is 3. The molecule has 26 heavy (non-hydrogen) atoms. The number of hydrogen-bond donors (Lipinski definition) is 2. The lowest BCUT2D eigenvalue weighted by molar-refractivity contribution is -0.134. The molecule has 0 radical (unpaired) electrons. The van der Waals surface area contributed by atoms with Gasteiger partial charge in [-0.1, -0.05) is 0 Å². The monoisotopic (exact) mass is 356 g/mol. The second kappa shape index (κ2) is 9.22. The molecule has 0 aliphatic rings. The summed E-state index contributed by atoms with van der Waals surface area (Å²) in [6, 6.07) is 11.7. The Bertz CT molecular complexity index is 787. The van der Waals surface area contributed by atoms with Crippen LogP contribution in [-0.4, -0.2) is 31.8 Å². The molecule has 2 aromatic rings. The maximum absolute atomic E-state index is 11.9. The van der Waals surface area contributed by atoms with Gasteiger partial charge in [0.25, 0.3) is 0 Å². The Morgan fingerprint density at radius 3 is 2.38 bits per heavy atom. The van der Waals surface area contributed by atoms with E-state index in [2.05, 4.69) is 10.6 Å². The van der Waals surface area contributed by atoms with E-state index in [9.17, 15) is 14.4 Å². The number of aldehydes is 1. The van der Waals surface area contributed by atoms with Gasteiger partial charge in [0.2, 0.25) is 5.91 Å². The minimum Gasteiger partial charge on any atom is -0.497 e. The third-order valence-corrected chi connectivity index (χ3v) is 3.44. The molecule has 0 fully saturated rings. The zero-order valence-corrected chi connectivity index (χ0v) is 14.6. The summed E-state index contributed by atoms with van der Waals surface area (Å²) in [7, 11) is 1.56. The molecule has 2 rings (SSSR count). The summed E-state index contributed by atoms with van der Waals surface area (Å²) in [5, 5.41) is 5.65. The molecule has 136 valence electrons. The number of carbonyl (C=O) groups is 3. The van der Waals surface area contributed by atoms with Gasteiger partial charge in [-0.25, -0.2) is 0 Å². The maximum atomic E-state index is 11.9. The van der Waals surface area contributed by atoms with E-state index >= 15 is 0 Å². The number of nitrogens with one attached hydrogen (secondary N) is 2. The van der Waals surface area contributed by atoms with Crippen LogP contribution in [0.1, 0.15) is 23.7 Å². The van der Waals surface area contributed by atoms with E-state index in [0.29, 0.717) is 41.3 Å². The molecule has 0 aromatic heterocycles. The molecular formula is C19H20N2O5. The molecule has 1 amide bonds. The highest BCUT2D eigenvalue weighted by Crippen LogP contribution is 2.20. The van der Waals surface area contributed by atoms with E-state index in [1.165, 1.54) is 6.92 Å². The van der Waals surface area contributed by atoms with Gasteiger partial charge in [0.15, 0.2) is 6.29 Å². The number of esters is 1. The van der Waals surface area contributed by atoms with Gasteiger partial charge in [0.05, 0.1) is 19.2 Å². The first-order chi connectivity index (χ1) is 12.5. The standard InChI is InChI=1S/C19H20N2O5/c1-13(23)21-18-11-15(4-3-14(18)12-22)20-10-9-19(24)26-17-7-5-16(25-2)6-8-17/h3-8,11-12,20H,9-10H2,1-2H3,(H,21,23). The van der Waals surface area contributed by atoms with Crippen molar-refractivity contribution in [2.24, 2.45) is 0 Å². The predicted octanol–water partition coefficient (Wildman–Crippen LogP) is 2.87. The SMILES string of the molecule is COc1ccc(OC(=O)CCNc2ccc(C=O)c(NC(C)=O)c2)cc1. The molecule has 0 spiro atoms. The molecular weight excluding hydrogens is 336 g/mol. The van der Waals surface area contributed by atoms with Crippen molar-refractivity contribution >= 4 is 29.5 Å². The number of methoxy groups -OCH3 is 1. The molecule has 2 aromatic carbocycles. The normalized spacial score (nSPS) is 9.92. The Morgan fingerprint density at radius 1 is 1.08 bits per heavy atom. The number of anilines is 2. The fraction of sp³-hybridized carbons (Fsp3) is 0.211. The lowest BCUT2D eigenvalue weighted by Crippen LogP contribution is -2.14. The number of benzene rings is 2. The average Bonchev–Trinajstić information content (AvgIpc) is 2.62. The lowest BCUT2D eigenvalue weighted by Gasteiger charge is -2.11. The Hall–Kier alpha value is -3.35. The second-order valence-electron chi connectivity index (χ2n) is 5.43. The van der Waals surface area contributed by atoms with Crippen LogP contribution in [0.15, 0.2) is 42.5 Å². The summed E-state index contributed by atoms with van der Waals surface area (Å²) >= 11 is 0. The number of hydrogen-bond acceptors (Lipinski definition) is 6. The molecule has 0 saturated carbocycles. The summed E-state index contributed by atoms with van der Waals surface area (Å²) in [5.41, 5.74) is 1.47. The summed E-state index contributed by atoms with van der Waals surface area (Å²) in [4.78, 5) is 34.1. The van der Waals surface area contributed by atoms with Crippen LogP contribution in [-0.2, 0) is 9.59 Å². The molecule has 2 N–H and O–H groups in total. The first-order valence-electron chi connectivity index (χ1n) is 7.97. The van der Waals surface area contributed by atoms with Gasteiger partial charge in [-0.2, -0.15) is 0 Å². The van der Waals surface area contributed by atoms with Crippen LogP contribution in [0.5, 0.6) is 11.5 Å². The van der Waals surface area contributed by atoms with Crippen molar-refractivity contribution in [1.82, 2.24) is 0 Å². The number of amides is 1. The lowest BCUT2D eigenvalue weighted by atomic mass is 10.1. The number of rotatable bonds is 8. The van der Waals surface area contributed by atoms with Crippen molar-refractivity contribution in [3.05, 3.63) is 48.0 Å². The fourth-order valence-electron chi connectivity index (χ4n) is 2.20. The van der Waals surface area contributed by atoms with Crippen LogP contribution < -0.4 is 20.1 Å². The van der Waals surface area contributed by atoms with Gasteiger partial charge in [0.1, 0.15) is 11.5 Å². The molecule has 0 atom stereocenters. The topological polar surface area (TPSA) is 93.7 Å². The Balaban J connectivity index is 1.87. The van der Waals surface area contributed by atoms with E-state index in [1.807, 2.05) is 0 Å².